The first kappa shape index (κ1) is 26.2. The molecule has 2 aromatic carbocycles. The van der Waals surface area contributed by atoms with Crippen LogP contribution in [-0.2, 0) is 29.5 Å². The summed E-state index contributed by atoms with van der Waals surface area (Å²) in [4.78, 5) is 17.6. The first-order chi connectivity index (χ1) is 17.2. The van der Waals surface area contributed by atoms with Crippen LogP contribution in [0, 0.1) is 0 Å². The molecule has 10 heteroatoms. The van der Waals surface area contributed by atoms with Gasteiger partial charge in [-0.2, -0.15) is 0 Å². The molecule has 7 nitrogen and oxygen atoms in total. The lowest BCUT2D eigenvalue weighted by Gasteiger charge is -2.15. The van der Waals surface area contributed by atoms with E-state index in [2.05, 4.69) is 10.3 Å². The molecule has 0 aliphatic heterocycles. The van der Waals surface area contributed by atoms with Crippen LogP contribution in [0.3, 0.4) is 0 Å². The fraction of sp³-hybridized carbons (Fsp3) is 0.231. The molecule has 0 unspecified atom stereocenters. The predicted octanol–water partition coefficient (Wildman–Crippen LogP) is 5.10. The fourth-order valence-electron chi connectivity index (χ4n) is 4.05. The first-order valence-electron chi connectivity index (χ1n) is 11.4. The highest BCUT2D eigenvalue weighted by Crippen LogP contribution is 2.30. The summed E-state index contributed by atoms with van der Waals surface area (Å²) in [6.45, 7) is 4.41. The molecule has 0 aliphatic rings. The summed E-state index contributed by atoms with van der Waals surface area (Å²) >= 11 is 12.3. The Morgan fingerprint density at radius 2 is 1.56 bits per heavy atom. The first-order valence-corrected chi connectivity index (χ1v) is 13.6. The second kappa shape index (κ2) is 11.0. The summed E-state index contributed by atoms with van der Waals surface area (Å²) < 4.78 is 30.9. The largest absolute Gasteiger partial charge is 0.329 e. The molecular weight excluding hydrogens is 519 g/mol. The Balaban J connectivity index is 1.88. The Hall–Kier alpha value is -2.91. The van der Waals surface area contributed by atoms with E-state index in [1.165, 1.54) is 27.3 Å². The van der Waals surface area contributed by atoms with E-state index >= 15 is 0 Å². The van der Waals surface area contributed by atoms with Gasteiger partial charge < -0.3 is 5.32 Å². The van der Waals surface area contributed by atoms with Gasteiger partial charge in [-0.25, -0.2) is 13.2 Å². The second-order valence-corrected chi connectivity index (χ2v) is 11.4. The number of pyridine rings is 1. The zero-order chi connectivity index (χ0) is 25.9. The molecule has 4 aromatic rings. The molecular formula is C26H26Cl2N4O3S. The van der Waals surface area contributed by atoms with Gasteiger partial charge in [0.15, 0.2) is 5.03 Å². The molecule has 0 radical (unpaired) electrons. The SMILES string of the molecule is CC(C)n1c(S(=O)(=O)c2cc(Cl)cc(Cl)c2)c(CNCc2ccncc2)n(Cc2ccccc2)c1=O. The van der Waals surface area contributed by atoms with Gasteiger partial charge in [0.1, 0.15) is 0 Å². The lowest BCUT2D eigenvalue weighted by Crippen LogP contribution is -2.28. The van der Waals surface area contributed by atoms with Crippen molar-refractivity contribution in [2.75, 3.05) is 0 Å². The number of imidazole rings is 1. The minimum Gasteiger partial charge on any atom is -0.307 e. The van der Waals surface area contributed by atoms with Crippen molar-refractivity contribution in [2.45, 2.75) is 49.4 Å². The van der Waals surface area contributed by atoms with Gasteiger partial charge in [-0.1, -0.05) is 53.5 Å². The number of rotatable bonds is 9. The third-order valence-corrected chi connectivity index (χ3v) is 7.93. The highest BCUT2D eigenvalue weighted by atomic mass is 35.5. The Morgan fingerprint density at radius 3 is 2.17 bits per heavy atom. The molecule has 36 heavy (non-hydrogen) atoms. The quantitative estimate of drug-likeness (QED) is 0.316. The van der Waals surface area contributed by atoms with Crippen molar-refractivity contribution in [3.8, 4) is 0 Å². The molecule has 188 valence electrons. The zero-order valence-electron chi connectivity index (χ0n) is 19.9. The van der Waals surface area contributed by atoms with Crippen LogP contribution < -0.4 is 11.0 Å². The van der Waals surface area contributed by atoms with E-state index in [4.69, 9.17) is 23.2 Å². The molecule has 0 amide bonds. The second-order valence-electron chi connectivity index (χ2n) is 8.64. The molecule has 4 rings (SSSR count). The molecule has 0 bridgehead atoms. The number of aromatic nitrogens is 3. The number of halogens is 2. The summed E-state index contributed by atoms with van der Waals surface area (Å²) in [7, 11) is -4.16. The Bertz CT molecular complexity index is 1500. The highest BCUT2D eigenvalue weighted by molar-refractivity contribution is 7.91. The summed E-state index contributed by atoms with van der Waals surface area (Å²) in [6, 6.07) is 16.9. The fourth-order valence-corrected chi connectivity index (χ4v) is 6.53. The number of hydrogen-bond donors (Lipinski definition) is 1. The highest BCUT2D eigenvalue weighted by Gasteiger charge is 2.32. The minimum absolute atomic E-state index is 0.0679. The number of nitrogens with zero attached hydrogens (tertiary/aromatic N) is 3. The van der Waals surface area contributed by atoms with Crippen molar-refractivity contribution in [1.29, 1.82) is 0 Å². The zero-order valence-corrected chi connectivity index (χ0v) is 22.2. The molecule has 0 saturated heterocycles. The average molecular weight is 545 g/mol. The lowest BCUT2D eigenvalue weighted by molar-refractivity contribution is 0.510. The molecule has 0 saturated carbocycles. The van der Waals surface area contributed by atoms with Gasteiger partial charge in [0, 0.05) is 41.6 Å². The van der Waals surface area contributed by atoms with Crippen LogP contribution in [0.4, 0.5) is 0 Å². The van der Waals surface area contributed by atoms with E-state index in [1.807, 2.05) is 42.5 Å². The maximum Gasteiger partial charge on any atom is 0.329 e. The van der Waals surface area contributed by atoms with Crippen molar-refractivity contribution in [2.24, 2.45) is 0 Å². The van der Waals surface area contributed by atoms with Gasteiger partial charge >= 0.3 is 5.69 Å². The molecule has 0 atom stereocenters. The van der Waals surface area contributed by atoms with Crippen molar-refractivity contribution in [1.82, 2.24) is 19.4 Å². The number of benzene rings is 2. The normalized spacial score (nSPS) is 11.8. The van der Waals surface area contributed by atoms with Crippen LogP contribution >= 0.6 is 23.2 Å². The summed E-state index contributed by atoms with van der Waals surface area (Å²) in [6.07, 6.45) is 3.38. The number of hydrogen-bond acceptors (Lipinski definition) is 5. The monoisotopic (exact) mass is 544 g/mol. The topological polar surface area (TPSA) is 86.0 Å². The molecule has 2 heterocycles. The predicted molar refractivity (Wildman–Crippen MR) is 141 cm³/mol. The summed E-state index contributed by atoms with van der Waals surface area (Å²) in [5.41, 5.74) is 1.82. The van der Waals surface area contributed by atoms with Gasteiger partial charge in [0.25, 0.3) is 0 Å². The van der Waals surface area contributed by atoms with Gasteiger partial charge in [-0.3, -0.25) is 14.1 Å². The van der Waals surface area contributed by atoms with Crippen LogP contribution in [0.25, 0.3) is 0 Å². The van der Waals surface area contributed by atoms with E-state index in [-0.39, 0.29) is 33.1 Å². The molecule has 1 N–H and O–H groups in total. The number of nitrogens with one attached hydrogen (secondary N) is 1. The molecule has 0 spiro atoms. The van der Waals surface area contributed by atoms with Gasteiger partial charge in [0.2, 0.25) is 9.84 Å². The van der Waals surface area contributed by atoms with Crippen molar-refractivity contribution in [3.63, 3.8) is 0 Å². The maximum absolute atomic E-state index is 14.0. The van der Waals surface area contributed by atoms with E-state index in [9.17, 15) is 13.2 Å². The number of sulfone groups is 1. The van der Waals surface area contributed by atoms with E-state index in [1.54, 1.807) is 26.2 Å². The average Bonchev–Trinajstić information content (AvgIpc) is 3.12. The Kier molecular flexibility index (Phi) is 8.00. The smallest absolute Gasteiger partial charge is 0.307 e. The molecule has 2 aromatic heterocycles. The lowest BCUT2D eigenvalue weighted by atomic mass is 10.2. The van der Waals surface area contributed by atoms with Crippen molar-refractivity contribution in [3.05, 3.63) is 110 Å². The van der Waals surface area contributed by atoms with Crippen LogP contribution in [0.2, 0.25) is 10.0 Å². The van der Waals surface area contributed by atoms with Gasteiger partial charge in [-0.05, 0) is 55.3 Å². The van der Waals surface area contributed by atoms with Gasteiger partial charge in [0.05, 0.1) is 17.1 Å². The van der Waals surface area contributed by atoms with Crippen molar-refractivity contribution < 1.29 is 8.42 Å². The van der Waals surface area contributed by atoms with Crippen LogP contribution in [0.15, 0.2) is 87.8 Å². The van der Waals surface area contributed by atoms with Crippen LogP contribution in [-0.4, -0.2) is 22.5 Å². The third-order valence-electron chi connectivity index (χ3n) is 5.70. The summed E-state index contributed by atoms with van der Waals surface area (Å²) in [5, 5.41) is 3.61. The van der Waals surface area contributed by atoms with Crippen molar-refractivity contribution >= 4 is 33.0 Å². The third kappa shape index (κ3) is 5.57. The van der Waals surface area contributed by atoms with Gasteiger partial charge in [-0.15, -0.1) is 0 Å². The van der Waals surface area contributed by atoms with E-state index in [0.29, 0.717) is 12.2 Å². The minimum atomic E-state index is -4.16. The van der Waals surface area contributed by atoms with E-state index < -0.39 is 21.6 Å². The Labute approximate surface area is 220 Å². The Morgan fingerprint density at radius 1 is 0.917 bits per heavy atom. The summed E-state index contributed by atoms with van der Waals surface area (Å²) in [5.74, 6) is 0. The molecule has 0 aliphatic carbocycles. The standard InChI is InChI=1S/C26H26Cl2N4O3S/c1-18(2)32-25(36(34,35)23-13-21(27)12-22(28)14-23)24(16-30-15-19-8-10-29-11-9-19)31(26(32)33)17-20-6-4-3-5-7-20/h3-14,18,30H,15-17H2,1-2H3. The maximum atomic E-state index is 14.0. The van der Waals surface area contributed by atoms with Crippen LogP contribution in [0.5, 0.6) is 0 Å². The van der Waals surface area contributed by atoms with Crippen LogP contribution in [0.1, 0.15) is 36.7 Å². The van der Waals surface area contributed by atoms with E-state index in [0.717, 1.165) is 11.1 Å². The molecule has 0 fully saturated rings.